The van der Waals surface area contributed by atoms with Crippen molar-refractivity contribution in [3.63, 3.8) is 0 Å². The highest BCUT2D eigenvalue weighted by Gasteiger charge is 2.38. The number of carbonyl (C=O) groups is 1. The van der Waals surface area contributed by atoms with Crippen LogP contribution in [-0.2, 0) is 10.9 Å². The van der Waals surface area contributed by atoms with Gasteiger partial charge in [-0.25, -0.2) is 13.6 Å². The lowest BCUT2D eigenvalue weighted by Gasteiger charge is -2.28. The molecule has 4 heterocycles. The number of fused-ring (bicyclic) bond motifs is 2. The molecule has 3 unspecified atom stereocenters. The molecular formula is C27H35BrF5N5O3. The Morgan fingerprint density at radius 3 is 2.46 bits per heavy atom. The van der Waals surface area contributed by atoms with Crippen LogP contribution in [0.1, 0.15) is 52.0 Å². The normalized spacial score (nSPS) is 22.9. The highest BCUT2D eigenvalue weighted by Crippen LogP contribution is 2.41. The Morgan fingerprint density at radius 2 is 1.85 bits per heavy atom. The topological polar surface area (TPSA) is 71.0 Å². The molecule has 3 fully saturated rings. The van der Waals surface area contributed by atoms with E-state index in [1.54, 1.807) is 32.7 Å². The molecule has 3 aliphatic rings. The Balaban J connectivity index is 0.000000360. The van der Waals surface area contributed by atoms with E-state index in [4.69, 9.17) is 9.47 Å². The minimum absolute atomic E-state index is 0.0692. The minimum atomic E-state index is -4.79. The maximum absolute atomic E-state index is 14.9. The molecule has 228 valence electrons. The third-order valence-corrected chi connectivity index (χ3v) is 8.25. The van der Waals surface area contributed by atoms with Crippen molar-refractivity contribution in [2.24, 2.45) is 0 Å². The monoisotopic (exact) mass is 651 g/mol. The zero-order chi connectivity index (χ0) is 30.3. The number of ether oxygens (including phenoxy) is 2. The molecule has 0 N–H and O–H groups in total. The van der Waals surface area contributed by atoms with Gasteiger partial charge < -0.3 is 19.3 Å². The van der Waals surface area contributed by atoms with Crippen molar-refractivity contribution in [2.45, 2.75) is 76.5 Å². The van der Waals surface area contributed by atoms with Crippen LogP contribution in [0.3, 0.4) is 0 Å². The molecule has 1 aromatic carbocycles. The van der Waals surface area contributed by atoms with Crippen molar-refractivity contribution in [2.75, 3.05) is 45.2 Å². The summed E-state index contributed by atoms with van der Waals surface area (Å²) in [6.45, 7) is 7.80. The Kier molecular flexibility index (Phi) is 9.22. The summed E-state index contributed by atoms with van der Waals surface area (Å²) in [5.74, 6) is -1.09. The van der Waals surface area contributed by atoms with Crippen molar-refractivity contribution in [3.8, 4) is 6.01 Å². The lowest BCUT2D eigenvalue weighted by atomic mass is 10.1. The van der Waals surface area contributed by atoms with Crippen molar-refractivity contribution >= 4 is 38.7 Å². The van der Waals surface area contributed by atoms with E-state index in [1.165, 1.54) is 24.9 Å². The van der Waals surface area contributed by atoms with E-state index in [-0.39, 0.29) is 35.3 Å². The summed E-state index contributed by atoms with van der Waals surface area (Å²) in [7, 11) is 2.90. The number of likely N-dealkylation sites (tertiary alicyclic amines) is 1. The van der Waals surface area contributed by atoms with Gasteiger partial charge >= 0.3 is 18.3 Å². The van der Waals surface area contributed by atoms with Crippen LogP contribution >= 0.6 is 15.9 Å². The second kappa shape index (κ2) is 12.0. The number of anilines is 1. The predicted octanol–water partition coefficient (Wildman–Crippen LogP) is 6.20. The second-order valence-electron chi connectivity index (χ2n) is 11.6. The number of hydrogen-bond acceptors (Lipinski definition) is 7. The van der Waals surface area contributed by atoms with Crippen LogP contribution in [0.4, 0.5) is 32.6 Å². The summed E-state index contributed by atoms with van der Waals surface area (Å²) in [6, 6.07) is 0.951. The molecule has 3 atom stereocenters. The van der Waals surface area contributed by atoms with Crippen LogP contribution < -0.4 is 9.64 Å². The number of alkyl halides is 4. The summed E-state index contributed by atoms with van der Waals surface area (Å²) in [5.41, 5.74) is -2.13. The molecule has 5 rings (SSSR count). The smallest absolute Gasteiger partial charge is 0.417 e. The molecule has 0 spiro atoms. The highest BCUT2D eigenvalue weighted by molar-refractivity contribution is 9.10. The van der Waals surface area contributed by atoms with Gasteiger partial charge in [-0.05, 0) is 75.0 Å². The fourth-order valence-corrected chi connectivity index (χ4v) is 6.01. The SMILES string of the molecule is COc1nc(N(C)C2CCN(C(=O)OC(C)(C)C)C2)c2cc(C(F)(F)F)c(Br)c(F)c2n1.FC1CC2CCCN2C1. The number of rotatable bonds is 3. The number of halogens is 6. The van der Waals surface area contributed by atoms with Crippen LogP contribution in [0.2, 0.25) is 0 Å². The number of amides is 1. The molecular weight excluding hydrogens is 617 g/mol. The van der Waals surface area contributed by atoms with Gasteiger partial charge in [0.25, 0.3) is 0 Å². The number of likely N-dealkylation sites (N-methyl/N-ethyl adjacent to an activating group) is 1. The van der Waals surface area contributed by atoms with Gasteiger partial charge in [0.1, 0.15) is 23.1 Å². The number of hydrogen-bond donors (Lipinski definition) is 0. The van der Waals surface area contributed by atoms with E-state index >= 15 is 0 Å². The number of benzene rings is 1. The highest BCUT2D eigenvalue weighted by atomic mass is 79.9. The third kappa shape index (κ3) is 7.12. The number of carbonyl (C=O) groups excluding carboxylic acids is 1. The molecule has 1 aromatic heterocycles. The predicted molar refractivity (Wildman–Crippen MR) is 147 cm³/mol. The molecule has 0 bridgehead atoms. The number of aromatic nitrogens is 2. The molecule has 1 amide bonds. The van der Waals surface area contributed by atoms with Crippen LogP contribution in [-0.4, -0.2) is 90.1 Å². The van der Waals surface area contributed by atoms with Gasteiger partial charge in [0.05, 0.1) is 17.1 Å². The summed E-state index contributed by atoms with van der Waals surface area (Å²) in [6.07, 6.45) is -1.93. The van der Waals surface area contributed by atoms with E-state index in [9.17, 15) is 26.7 Å². The Bertz CT molecular complexity index is 1260. The summed E-state index contributed by atoms with van der Waals surface area (Å²) in [5, 5.41) is -0.114. The van der Waals surface area contributed by atoms with Crippen LogP contribution in [0, 0.1) is 5.82 Å². The van der Waals surface area contributed by atoms with Crippen LogP contribution in [0.5, 0.6) is 6.01 Å². The molecule has 8 nitrogen and oxygen atoms in total. The van der Waals surface area contributed by atoms with Gasteiger partial charge in [-0.2, -0.15) is 23.1 Å². The van der Waals surface area contributed by atoms with E-state index in [0.29, 0.717) is 25.6 Å². The summed E-state index contributed by atoms with van der Waals surface area (Å²) >= 11 is 2.69. The molecule has 41 heavy (non-hydrogen) atoms. The lowest BCUT2D eigenvalue weighted by Crippen LogP contribution is -2.39. The first-order valence-corrected chi connectivity index (χ1v) is 14.3. The molecule has 0 aliphatic carbocycles. The first-order chi connectivity index (χ1) is 19.1. The Morgan fingerprint density at radius 1 is 1.15 bits per heavy atom. The van der Waals surface area contributed by atoms with Gasteiger partial charge in [0.15, 0.2) is 5.82 Å². The standard InChI is InChI=1S/C20H23BrF4N4O3.C7H12FN/c1-19(2,3)32-18(30)29-7-6-10(9-29)28(4)16-11-8-12(20(23,24)25)13(21)14(22)15(11)26-17(27-16)31-5;8-6-4-7-2-1-3-9(7)5-6/h8,10H,6-7,9H2,1-5H3;6-7H,1-5H2. The van der Waals surface area contributed by atoms with E-state index in [1.807, 2.05) is 0 Å². The van der Waals surface area contributed by atoms with E-state index in [2.05, 4.69) is 30.8 Å². The first kappa shape index (κ1) is 31.5. The molecule has 2 aromatic rings. The number of nitrogens with zero attached hydrogens (tertiary/aromatic N) is 5. The average molecular weight is 653 g/mol. The quantitative estimate of drug-likeness (QED) is 0.366. The van der Waals surface area contributed by atoms with Gasteiger partial charge in [-0.1, -0.05) is 0 Å². The van der Waals surface area contributed by atoms with E-state index in [0.717, 1.165) is 19.0 Å². The molecule has 14 heteroatoms. The van der Waals surface area contributed by atoms with Gasteiger partial charge in [-0.3, -0.25) is 4.90 Å². The van der Waals surface area contributed by atoms with Gasteiger partial charge in [-0.15, -0.1) is 0 Å². The van der Waals surface area contributed by atoms with Crippen molar-refractivity contribution in [1.29, 1.82) is 0 Å². The molecule has 3 aliphatic heterocycles. The number of methoxy groups -OCH3 is 1. The Labute approximate surface area is 244 Å². The fourth-order valence-electron chi connectivity index (χ4n) is 5.48. The zero-order valence-electron chi connectivity index (χ0n) is 23.7. The largest absolute Gasteiger partial charge is 0.467 e. The van der Waals surface area contributed by atoms with Gasteiger partial charge in [0.2, 0.25) is 0 Å². The van der Waals surface area contributed by atoms with Crippen molar-refractivity contribution < 1.29 is 36.2 Å². The van der Waals surface area contributed by atoms with E-state index < -0.39 is 39.9 Å². The fraction of sp³-hybridized carbons (Fsp3) is 0.667. The average Bonchev–Trinajstić information content (AvgIpc) is 3.60. The third-order valence-electron chi connectivity index (χ3n) is 7.48. The van der Waals surface area contributed by atoms with Crippen LogP contribution in [0.25, 0.3) is 10.9 Å². The summed E-state index contributed by atoms with van der Waals surface area (Å²) < 4.78 is 77.6. The van der Waals surface area contributed by atoms with Crippen molar-refractivity contribution in [3.05, 3.63) is 21.9 Å². The first-order valence-electron chi connectivity index (χ1n) is 13.5. The van der Waals surface area contributed by atoms with Crippen LogP contribution in [0.15, 0.2) is 10.5 Å². The second-order valence-corrected chi connectivity index (χ2v) is 12.4. The maximum Gasteiger partial charge on any atom is 0.417 e. The van der Waals surface area contributed by atoms with Gasteiger partial charge in [0, 0.05) is 44.2 Å². The Hall–Kier alpha value is -2.48. The lowest BCUT2D eigenvalue weighted by molar-refractivity contribution is -0.138. The maximum atomic E-state index is 14.9. The minimum Gasteiger partial charge on any atom is -0.467 e. The summed E-state index contributed by atoms with van der Waals surface area (Å²) in [4.78, 5) is 25.9. The molecule has 0 radical (unpaired) electrons. The molecule has 3 saturated heterocycles. The molecule has 0 saturated carbocycles. The zero-order valence-corrected chi connectivity index (χ0v) is 25.3. The van der Waals surface area contributed by atoms with Crippen molar-refractivity contribution in [1.82, 2.24) is 19.8 Å².